The molecule has 0 aliphatic heterocycles. The van der Waals surface area contributed by atoms with E-state index < -0.39 is 0 Å². The van der Waals surface area contributed by atoms with Crippen LogP contribution in [0.25, 0.3) is 61.4 Å². The number of aromatic nitrogens is 3. The van der Waals surface area contributed by atoms with Crippen molar-refractivity contribution in [2.75, 3.05) is 4.90 Å². The summed E-state index contributed by atoms with van der Waals surface area (Å²) in [6.07, 6.45) is 0. The van der Waals surface area contributed by atoms with E-state index in [1.807, 2.05) is 127 Å². The predicted octanol–water partition coefficient (Wildman–Crippen LogP) is 11.8. The first-order chi connectivity index (χ1) is 26.7. The molecular weight excluding hydrogens is 661 g/mol. The Kier molecular flexibility index (Phi) is 8.17. The van der Waals surface area contributed by atoms with Gasteiger partial charge in [-0.05, 0) is 66.7 Å². The Morgan fingerprint density at radius 2 is 0.963 bits per heavy atom. The lowest BCUT2D eigenvalue weighted by Crippen LogP contribution is -2.09. The molecule has 0 fully saturated rings. The molecule has 2 aromatic heterocycles. The van der Waals surface area contributed by atoms with Crippen LogP contribution in [0, 0.1) is 22.7 Å². The Bertz CT molecular complexity index is 2760. The molecule has 0 aliphatic rings. The van der Waals surface area contributed by atoms with Crippen LogP contribution in [0.1, 0.15) is 11.1 Å². The first-order valence-corrected chi connectivity index (χ1v) is 17.6. The van der Waals surface area contributed by atoms with Crippen LogP contribution < -0.4 is 4.90 Å². The molecule has 0 aliphatic carbocycles. The Hall–Kier alpha value is -7.80. The normalized spacial score (nSPS) is 10.9. The van der Waals surface area contributed by atoms with Crippen LogP contribution in [0.3, 0.4) is 0 Å². The van der Waals surface area contributed by atoms with Crippen molar-refractivity contribution in [3.05, 3.63) is 193 Å². The summed E-state index contributed by atoms with van der Waals surface area (Å²) in [5.41, 5.74) is 9.90. The summed E-state index contributed by atoms with van der Waals surface area (Å²) in [6.45, 7) is 0. The fourth-order valence-electron chi connectivity index (χ4n) is 7.24. The van der Waals surface area contributed by atoms with Crippen LogP contribution >= 0.6 is 0 Å². The minimum atomic E-state index is 0.350. The minimum Gasteiger partial charge on any atom is -0.310 e. The van der Waals surface area contributed by atoms with Crippen molar-refractivity contribution in [2.24, 2.45) is 0 Å². The summed E-state index contributed by atoms with van der Waals surface area (Å²) in [5, 5.41) is 23.5. The van der Waals surface area contributed by atoms with Gasteiger partial charge in [0.1, 0.15) is 0 Å². The zero-order valence-corrected chi connectivity index (χ0v) is 29.0. The predicted molar refractivity (Wildman–Crippen MR) is 217 cm³/mol. The van der Waals surface area contributed by atoms with Gasteiger partial charge in [0.05, 0.1) is 45.7 Å². The van der Waals surface area contributed by atoms with E-state index in [2.05, 4.69) is 76.2 Å². The summed E-state index contributed by atoms with van der Waals surface area (Å²) in [7, 11) is 0. The molecule has 0 amide bonds. The van der Waals surface area contributed by atoms with Crippen LogP contribution in [-0.2, 0) is 0 Å². The third-order valence-electron chi connectivity index (χ3n) is 9.65. The van der Waals surface area contributed by atoms with E-state index in [9.17, 15) is 10.5 Å². The second-order valence-electron chi connectivity index (χ2n) is 12.9. The van der Waals surface area contributed by atoms with Crippen molar-refractivity contribution in [2.45, 2.75) is 0 Å². The summed E-state index contributed by atoms with van der Waals surface area (Å²) in [4.78, 5) is 12.1. The van der Waals surface area contributed by atoms with Gasteiger partial charge in [-0.3, -0.25) is 0 Å². The van der Waals surface area contributed by atoms with Crippen molar-refractivity contribution in [1.29, 1.82) is 10.5 Å². The average Bonchev–Trinajstić information content (AvgIpc) is 3.58. The van der Waals surface area contributed by atoms with Gasteiger partial charge in [0, 0.05) is 50.2 Å². The lowest BCUT2D eigenvalue weighted by Gasteiger charge is -2.25. The first-order valence-electron chi connectivity index (χ1n) is 17.6. The highest BCUT2D eigenvalue weighted by atomic mass is 15.1. The van der Waals surface area contributed by atoms with Gasteiger partial charge in [0.15, 0.2) is 5.82 Å². The standard InChI is InChI=1S/C48H30N6/c49-31-35-27-40(28-36(32-50)47(35)44-30-43(33-15-5-1-6-16-33)51-48(52-44)34-17-7-2-8-18-34)54-45-24-14-13-23-41(45)42-29-39(25-26-46(42)54)53(37-19-9-3-10-20-37)38-21-11-4-12-22-38/h1-30H. The molecule has 0 unspecified atom stereocenters. The quantitative estimate of drug-likeness (QED) is 0.166. The molecule has 252 valence electrons. The average molecular weight is 691 g/mol. The molecule has 0 bridgehead atoms. The highest BCUT2D eigenvalue weighted by Crippen LogP contribution is 2.41. The van der Waals surface area contributed by atoms with E-state index in [0.29, 0.717) is 33.9 Å². The maximum Gasteiger partial charge on any atom is 0.160 e. The van der Waals surface area contributed by atoms with E-state index in [0.717, 1.165) is 55.7 Å². The number of anilines is 3. The molecule has 0 N–H and O–H groups in total. The summed E-state index contributed by atoms with van der Waals surface area (Å²) >= 11 is 0. The number of fused-ring (bicyclic) bond motifs is 3. The molecule has 9 aromatic rings. The van der Waals surface area contributed by atoms with E-state index in [1.54, 1.807) is 0 Å². The van der Waals surface area contributed by atoms with Crippen LogP contribution in [0.2, 0.25) is 0 Å². The van der Waals surface area contributed by atoms with Crippen molar-refractivity contribution in [3.8, 4) is 51.7 Å². The molecule has 0 spiro atoms. The number of nitrogens with zero attached hydrogens (tertiary/aromatic N) is 6. The second-order valence-corrected chi connectivity index (χ2v) is 12.9. The molecular formula is C48H30N6. The summed E-state index contributed by atoms with van der Waals surface area (Å²) in [5.74, 6) is 0.516. The molecule has 7 aromatic carbocycles. The zero-order chi connectivity index (χ0) is 36.4. The summed E-state index contributed by atoms with van der Waals surface area (Å²) in [6, 6.07) is 65.4. The molecule has 6 heteroatoms. The SMILES string of the molecule is N#Cc1cc(-n2c3ccccc3c3cc(N(c4ccccc4)c4ccccc4)ccc32)cc(C#N)c1-c1cc(-c2ccccc2)nc(-c2ccccc2)n1. The van der Waals surface area contributed by atoms with Crippen molar-refractivity contribution in [1.82, 2.24) is 14.5 Å². The lowest BCUT2D eigenvalue weighted by atomic mass is 9.96. The number of rotatable bonds is 7. The van der Waals surface area contributed by atoms with Gasteiger partial charge >= 0.3 is 0 Å². The van der Waals surface area contributed by atoms with Gasteiger partial charge in [-0.25, -0.2) is 9.97 Å². The van der Waals surface area contributed by atoms with Crippen molar-refractivity contribution < 1.29 is 0 Å². The fraction of sp³-hybridized carbons (Fsp3) is 0. The Morgan fingerprint density at radius 1 is 0.444 bits per heavy atom. The molecule has 0 saturated carbocycles. The minimum absolute atomic E-state index is 0.350. The lowest BCUT2D eigenvalue weighted by molar-refractivity contribution is 1.16. The number of hydrogen-bond donors (Lipinski definition) is 0. The zero-order valence-electron chi connectivity index (χ0n) is 29.0. The van der Waals surface area contributed by atoms with Crippen molar-refractivity contribution >= 4 is 38.9 Å². The first kappa shape index (κ1) is 32.1. The van der Waals surface area contributed by atoms with Crippen LogP contribution in [0.4, 0.5) is 17.1 Å². The van der Waals surface area contributed by atoms with Gasteiger partial charge in [0.2, 0.25) is 0 Å². The third kappa shape index (κ3) is 5.71. The van der Waals surface area contributed by atoms with Gasteiger partial charge in [-0.2, -0.15) is 10.5 Å². The van der Waals surface area contributed by atoms with Crippen molar-refractivity contribution in [3.63, 3.8) is 0 Å². The van der Waals surface area contributed by atoms with E-state index in [-0.39, 0.29) is 0 Å². The molecule has 9 rings (SSSR count). The number of hydrogen-bond acceptors (Lipinski definition) is 5. The Balaban J connectivity index is 1.24. The maximum atomic E-state index is 10.7. The van der Waals surface area contributed by atoms with Crippen LogP contribution in [0.5, 0.6) is 0 Å². The monoisotopic (exact) mass is 690 g/mol. The highest BCUT2D eigenvalue weighted by Gasteiger charge is 2.21. The molecule has 0 radical (unpaired) electrons. The van der Waals surface area contributed by atoms with Gasteiger partial charge in [0.25, 0.3) is 0 Å². The molecule has 6 nitrogen and oxygen atoms in total. The van der Waals surface area contributed by atoms with Gasteiger partial charge < -0.3 is 9.47 Å². The summed E-state index contributed by atoms with van der Waals surface area (Å²) < 4.78 is 2.14. The Labute approximate surface area is 312 Å². The van der Waals surface area contributed by atoms with Gasteiger partial charge in [-0.15, -0.1) is 0 Å². The van der Waals surface area contributed by atoms with Crippen LogP contribution in [0.15, 0.2) is 182 Å². The van der Waals surface area contributed by atoms with E-state index >= 15 is 0 Å². The second kappa shape index (κ2) is 13.7. The van der Waals surface area contributed by atoms with E-state index in [4.69, 9.17) is 9.97 Å². The van der Waals surface area contributed by atoms with Crippen LogP contribution in [-0.4, -0.2) is 14.5 Å². The fourth-order valence-corrected chi connectivity index (χ4v) is 7.24. The molecule has 0 saturated heterocycles. The molecule has 0 atom stereocenters. The number of benzene rings is 7. The topological polar surface area (TPSA) is 81.5 Å². The smallest absolute Gasteiger partial charge is 0.160 e. The largest absolute Gasteiger partial charge is 0.310 e. The maximum absolute atomic E-state index is 10.7. The number of nitriles is 2. The van der Waals surface area contributed by atoms with Gasteiger partial charge in [-0.1, -0.05) is 115 Å². The highest BCUT2D eigenvalue weighted by molar-refractivity contribution is 6.10. The third-order valence-corrected chi connectivity index (χ3v) is 9.65. The van der Waals surface area contributed by atoms with E-state index in [1.165, 1.54) is 0 Å². The molecule has 54 heavy (non-hydrogen) atoms. The molecule has 2 heterocycles. The number of para-hydroxylation sites is 3. The Morgan fingerprint density at radius 3 is 1.57 bits per heavy atom.